The number of Topliss-reactive ketones (excluding diaryl/α,β-unsaturated/α-hetero) is 2. The first-order valence-electron chi connectivity index (χ1n) is 13.7. The second-order valence-corrected chi connectivity index (χ2v) is 12.6. The zero-order valence-electron chi connectivity index (χ0n) is 23.9. The summed E-state index contributed by atoms with van der Waals surface area (Å²) in [7, 11) is 0. The number of hydrogen-bond acceptors (Lipinski definition) is 5. The molecular formula is C33H42O5. The van der Waals surface area contributed by atoms with Crippen LogP contribution in [0.15, 0.2) is 70.5 Å². The third-order valence-corrected chi connectivity index (χ3v) is 8.76. The van der Waals surface area contributed by atoms with Crippen molar-refractivity contribution in [3.63, 3.8) is 0 Å². The summed E-state index contributed by atoms with van der Waals surface area (Å²) in [5.41, 5.74) is 0.203. The number of carbonyl (C=O) groups is 2. The topological polar surface area (TPSA) is 83.8 Å². The molecule has 1 saturated carbocycles. The fourth-order valence-corrected chi connectivity index (χ4v) is 6.54. The van der Waals surface area contributed by atoms with Gasteiger partial charge in [0.2, 0.25) is 0 Å². The van der Waals surface area contributed by atoms with Crippen molar-refractivity contribution in [2.24, 2.45) is 17.3 Å². The van der Waals surface area contributed by atoms with Gasteiger partial charge in [-0.15, -0.1) is 0 Å². The van der Waals surface area contributed by atoms with Gasteiger partial charge >= 0.3 is 0 Å². The predicted molar refractivity (Wildman–Crippen MR) is 150 cm³/mol. The molecule has 1 aliphatic heterocycles. The zero-order valence-corrected chi connectivity index (χ0v) is 23.9. The number of ketones is 2. The Hall–Kier alpha value is -2.92. The van der Waals surface area contributed by atoms with Gasteiger partial charge in [-0.3, -0.25) is 9.59 Å². The molecule has 1 fully saturated rings. The van der Waals surface area contributed by atoms with E-state index in [9.17, 15) is 19.8 Å². The van der Waals surface area contributed by atoms with Gasteiger partial charge in [0.1, 0.15) is 22.7 Å². The summed E-state index contributed by atoms with van der Waals surface area (Å²) in [6, 6.07) is 8.78. The Labute approximate surface area is 227 Å². The third kappa shape index (κ3) is 4.82. The highest BCUT2D eigenvalue weighted by molar-refractivity contribution is 6.34. The normalized spacial score (nSPS) is 27.8. The van der Waals surface area contributed by atoms with Crippen LogP contribution in [-0.4, -0.2) is 33.0 Å². The van der Waals surface area contributed by atoms with E-state index in [4.69, 9.17) is 4.74 Å². The van der Waals surface area contributed by atoms with Crippen LogP contribution in [0, 0.1) is 17.3 Å². The minimum atomic E-state index is -1.14. The Morgan fingerprint density at radius 1 is 1.05 bits per heavy atom. The van der Waals surface area contributed by atoms with E-state index >= 15 is 0 Å². The predicted octanol–water partition coefficient (Wildman–Crippen LogP) is 7.04. The Balaban J connectivity index is 2.00. The number of ether oxygens (including phenoxy) is 1. The minimum absolute atomic E-state index is 0.0490. The molecule has 38 heavy (non-hydrogen) atoms. The van der Waals surface area contributed by atoms with Crippen molar-refractivity contribution in [3.8, 4) is 0 Å². The summed E-state index contributed by atoms with van der Waals surface area (Å²) in [4.78, 5) is 28.6. The van der Waals surface area contributed by atoms with Crippen LogP contribution in [0.3, 0.4) is 0 Å². The number of benzene rings is 1. The van der Waals surface area contributed by atoms with Gasteiger partial charge < -0.3 is 14.9 Å². The van der Waals surface area contributed by atoms with E-state index in [2.05, 4.69) is 6.92 Å². The number of carbonyl (C=O) groups excluding carboxylic acids is 2. The number of allylic oxidation sites excluding steroid dienone is 7. The first-order valence-corrected chi connectivity index (χ1v) is 13.7. The molecule has 204 valence electrons. The van der Waals surface area contributed by atoms with Crippen molar-refractivity contribution < 1.29 is 24.5 Å². The fraction of sp³-hybridized carbons (Fsp3) is 0.515. The highest BCUT2D eigenvalue weighted by atomic mass is 16.5. The maximum atomic E-state index is 14.5. The van der Waals surface area contributed by atoms with Crippen LogP contribution in [0.4, 0.5) is 0 Å². The lowest BCUT2D eigenvalue weighted by molar-refractivity contribution is -0.137. The number of aliphatic hydroxyl groups excluding tert-OH is 1. The zero-order chi connectivity index (χ0) is 28.0. The molecule has 0 bridgehead atoms. The molecule has 0 aromatic heterocycles. The second kappa shape index (κ2) is 10.00. The minimum Gasteiger partial charge on any atom is -0.506 e. The molecule has 3 atom stereocenters. The molecular weight excluding hydrogens is 476 g/mol. The lowest BCUT2D eigenvalue weighted by Crippen LogP contribution is -2.51. The van der Waals surface area contributed by atoms with Crippen molar-refractivity contribution in [2.75, 3.05) is 0 Å². The summed E-state index contributed by atoms with van der Waals surface area (Å²) in [5.74, 6) is -0.807. The maximum Gasteiger partial charge on any atom is 0.199 e. The van der Waals surface area contributed by atoms with Crippen molar-refractivity contribution in [1.82, 2.24) is 0 Å². The van der Waals surface area contributed by atoms with Gasteiger partial charge in [-0.2, -0.15) is 0 Å². The Morgan fingerprint density at radius 3 is 2.16 bits per heavy atom. The van der Waals surface area contributed by atoms with Gasteiger partial charge in [-0.25, -0.2) is 0 Å². The van der Waals surface area contributed by atoms with E-state index in [0.717, 1.165) is 24.0 Å². The quantitative estimate of drug-likeness (QED) is 0.183. The molecule has 0 unspecified atom stereocenters. The molecule has 5 nitrogen and oxygen atoms in total. The highest BCUT2D eigenvalue weighted by Crippen LogP contribution is 2.59. The van der Waals surface area contributed by atoms with Crippen molar-refractivity contribution in [3.05, 3.63) is 76.1 Å². The molecule has 3 aliphatic rings. The maximum absolute atomic E-state index is 14.5. The van der Waals surface area contributed by atoms with Crippen LogP contribution in [-0.2, 0) is 14.3 Å². The van der Waals surface area contributed by atoms with Gasteiger partial charge in [0.05, 0.1) is 11.0 Å². The van der Waals surface area contributed by atoms with Crippen LogP contribution >= 0.6 is 0 Å². The fourth-order valence-electron chi connectivity index (χ4n) is 6.54. The van der Waals surface area contributed by atoms with E-state index in [1.165, 1.54) is 0 Å². The summed E-state index contributed by atoms with van der Waals surface area (Å²) < 4.78 is 6.85. The summed E-state index contributed by atoms with van der Waals surface area (Å²) >= 11 is 0. The van der Waals surface area contributed by atoms with Gasteiger partial charge in [-0.05, 0) is 86.5 Å². The van der Waals surface area contributed by atoms with E-state index in [1.807, 2.05) is 59.8 Å². The number of fused-ring (bicyclic) bond motifs is 1. The molecule has 0 amide bonds. The smallest absolute Gasteiger partial charge is 0.199 e. The third-order valence-electron chi connectivity index (χ3n) is 8.76. The molecule has 1 aromatic rings. The Morgan fingerprint density at radius 2 is 1.63 bits per heavy atom. The molecule has 1 heterocycles. The van der Waals surface area contributed by atoms with Gasteiger partial charge in [0, 0.05) is 17.1 Å². The van der Waals surface area contributed by atoms with E-state index < -0.39 is 28.2 Å². The largest absolute Gasteiger partial charge is 0.506 e. The monoisotopic (exact) mass is 518 g/mol. The molecule has 2 N–H and O–H groups in total. The molecule has 1 aromatic carbocycles. The molecule has 0 radical (unpaired) electrons. The highest BCUT2D eigenvalue weighted by Gasteiger charge is 2.61. The van der Waals surface area contributed by atoms with E-state index in [-0.39, 0.29) is 23.2 Å². The molecule has 0 spiro atoms. The molecule has 2 aliphatic carbocycles. The van der Waals surface area contributed by atoms with Crippen LogP contribution in [0.2, 0.25) is 0 Å². The first-order chi connectivity index (χ1) is 17.7. The number of rotatable bonds is 6. The Kier molecular flexibility index (Phi) is 7.39. The lowest BCUT2D eigenvalue weighted by Gasteiger charge is -2.49. The first kappa shape index (κ1) is 28.1. The summed E-state index contributed by atoms with van der Waals surface area (Å²) in [6.07, 6.45) is 6.71. The van der Waals surface area contributed by atoms with E-state index in [0.29, 0.717) is 36.2 Å². The molecule has 4 rings (SSSR count). The van der Waals surface area contributed by atoms with Crippen molar-refractivity contribution in [2.45, 2.75) is 91.8 Å². The summed E-state index contributed by atoms with van der Waals surface area (Å²) in [5, 5.41) is 22.4. The van der Waals surface area contributed by atoms with Crippen LogP contribution in [0.25, 0.3) is 5.76 Å². The average molecular weight is 519 g/mol. The summed E-state index contributed by atoms with van der Waals surface area (Å²) in [6.45, 7) is 13.7. The van der Waals surface area contributed by atoms with Crippen molar-refractivity contribution >= 4 is 17.3 Å². The van der Waals surface area contributed by atoms with Crippen LogP contribution < -0.4 is 0 Å². The van der Waals surface area contributed by atoms with Crippen LogP contribution in [0.1, 0.15) is 86.1 Å². The Bertz CT molecular complexity index is 1230. The molecule has 5 heteroatoms. The van der Waals surface area contributed by atoms with Gasteiger partial charge in [0.25, 0.3) is 0 Å². The van der Waals surface area contributed by atoms with Gasteiger partial charge in [0.15, 0.2) is 11.6 Å². The molecule has 0 saturated heterocycles. The lowest BCUT2D eigenvalue weighted by atomic mass is 9.62. The van der Waals surface area contributed by atoms with E-state index in [1.54, 1.807) is 24.3 Å². The van der Waals surface area contributed by atoms with Crippen molar-refractivity contribution in [1.29, 1.82) is 0 Å². The SMILES string of the molecule is CC(C)=CCC1(CC=C(C)C)C(=O)/C(=C(/O)c2ccccc2)C(=O)C2=C1O[C@]1(C)CC[C@H](C(C)(C)O)[C@@H]1C2. The second-order valence-electron chi connectivity index (χ2n) is 12.6. The average Bonchev–Trinajstić information content (AvgIpc) is 3.20. The van der Waals surface area contributed by atoms with Gasteiger partial charge in [-0.1, -0.05) is 53.6 Å². The van der Waals surface area contributed by atoms with Crippen LogP contribution in [0.5, 0.6) is 0 Å². The standard InChI is InChI=1S/C33H42O5/c1-20(2)13-17-33(18-14-21(3)4)29(36)26(27(34)22-11-9-8-10-12-22)28(35)23-19-25-24(31(5,6)37)15-16-32(25,7)38-30(23)33/h8-14,24-25,34,37H,15-19H2,1-7H3/b27-26+/t24-,25-,32+/m0/s1. The number of aliphatic hydroxyl groups is 2. The number of hydrogen-bond donors (Lipinski definition) is 2.